The lowest BCUT2D eigenvalue weighted by Crippen LogP contribution is -2.26. The molecule has 0 aliphatic carbocycles. The molecule has 0 bridgehead atoms. The van der Waals surface area contributed by atoms with Crippen LogP contribution in [0.3, 0.4) is 0 Å². The quantitative estimate of drug-likeness (QED) is 0.830. The van der Waals surface area contributed by atoms with Gasteiger partial charge in [0.15, 0.2) is 9.84 Å². The second kappa shape index (κ2) is 6.09. The minimum atomic E-state index is -3.83. The van der Waals surface area contributed by atoms with Gasteiger partial charge < -0.3 is 9.84 Å². The van der Waals surface area contributed by atoms with Crippen LogP contribution in [0.1, 0.15) is 6.92 Å². The first-order valence-corrected chi connectivity index (χ1v) is 6.85. The first-order chi connectivity index (χ1) is 7.97. The Bertz CT molecular complexity index is 458. The van der Waals surface area contributed by atoms with Crippen LogP contribution >= 0.6 is 0 Å². The topological polar surface area (TPSA) is 63.6 Å². The third kappa shape index (κ3) is 4.07. The van der Waals surface area contributed by atoms with Crippen LogP contribution in [0.15, 0.2) is 29.2 Å². The second-order valence-corrected chi connectivity index (χ2v) is 5.53. The Morgan fingerprint density at radius 2 is 2.06 bits per heavy atom. The molecule has 1 rings (SSSR count). The Balaban J connectivity index is 2.79. The van der Waals surface area contributed by atoms with Crippen LogP contribution < -0.4 is 0 Å². The maximum absolute atomic E-state index is 13.3. The van der Waals surface area contributed by atoms with Crippen LogP contribution in [0.2, 0.25) is 0 Å². The first-order valence-electron chi connectivity index (χ1n) is 5.20. The predicted octanol–water partition coefficient (Wildman–Crippen LogP) is 0.997. The summed E-state index contributed by atoms with van der Waals surface area (Å²) in [7, 11) is -3.83. The van der Waals surface area contributed by atoms with Gasteiger partial charge in [0.2, 0.25) is 0 Å². The van der Waals surface area contributed by atoms with Crippen molar-refractivity contribution in [2.45, 2.75) is 17.9 Å². The number of halogens is 1. The lowest BCUT2D eigenvalue weighted by molar-refractivity contribution is 0.0542. The van der Waals surface area contributed by atoms with Gasteiger partial charge in [-0.25, -0.2) is 12.8 Å². The molecule has 0 saturated heterocycles. The summed E-state index contributed by atoms with van der Waals surface area (Å²) >= 11 is 0. The van der Waals surface area contributed by atoms with Gasteiger partial charge in [-0.2, -0.15) is 0 Å². The van der Waals surface area contributed by atoms with Gasteiger partial charge in [0.1, 0.15) is 10.7 Å². The summed E-state index contributed by atoms with van der Waals surface area (Å²) in [6, 6.07) is 5.09. The molecule has 1 aromatic rings. The molecule has 96 valence electrons. The number of sulfone groups is 1. The normalized spacial score (nSPS) is 13.6. The van der Waals surface area contributed by atoms with Crippen molar-refractivity contribution in [3.8, 4) is 0 Å². The standard InChI is InChI=1S/C11H15FO4S/c1-2-16-7-9(13)8-17(14,15)11-6-4-3-5-10(11)12/h3-6,9,13H,2,7-8H2,1H3. The van der Waals surface area contributed by atoms with Crippen LogP contribution in [-0.2, 0) is 14.6 Å². The lowest BCUT2D eigenvalue weighted by atomic mass is 10.3. The van der Waals surface area contributed by atoms with Gasteiger partial charge in [0, 0.05) is 6.61 Å². The maximum atomic E-state index is 13.3. The molecule has 1 N–H and O–H groups in total. The molecule has 0 radical (unpaired) electrons. The molecular weight excluding hydrogens is 247 g/mol. The summed E-state index contributed by atoms with van der Waals surface area (Å²) < 4.78 is 41.7. The molecule has 0 aromatic heterocycles. The molecule has 1 unspecified atom stereocenters. The molecule has 0 amide bonds. The zero-order valence-corrected chi connectivity index (χ0v) is 10.3. The highest BCUT2D eigenvalue weighted by Crippen LogP contribution is 2.16. The molecule has 1 atom stereocenters. The van der Waals surface area contributed by atoms with Gasteiger partial charge in [0.05, 0.1) is 18.5 Å². The molecule has 6 heteroatoms. The Morgan fingerprint density at radius 3 is 2.65 bits per heavy atom. The first kappa shape index (κ1) is 14.1. The molecule has 0 aliphatic rings. The number of aliphatic hydroxyl groups excluding tert-OH is 1. The van der Waals surface area contributed by atoms with Gasteiger partial charge in [-0.3, -0.25) is 0 Å². The third-order valence-electron chi connectivity index (χ3n) is 2.10. The average Bonchev–Trinajstić information content (AvgIpc) is 2.26. The Morgan fingerprint density at radius 1 is 1.41 bits per heavy atom. The number of rotatable bonds is 6. The molecule has 0 saturated carbocycles. The summed E-state index contributed by atoms with van der Waals surface area (Å²) in [5.41, 5.74) is 0. The smallest absolute Gasteiger partial charge is 0.183 e. The zero-order valence-electron chi connectivity index (χ0n) is 9.47. The van der Waals surface area contributed by atoms with Gasteiger partial charge in [-0.05, 0) is 19.1 Å². The second-order valence-electron chi connectivity index (χ2n) is 3.53. The van der Waals surface area contributed by atoms with E-state index in [-0.39, 0.29) is 6.61 Å². The minimum absolute atomic E-state index is 0.0792. The van der Waals surface area contributed by atoms with E-state index >= 15 is 0 Å². The molecule has 0 heterocycles. The molecule has 0 aliphatic heterocycles. The van der Waals surface area contributed by atoms with Crippen LogP contribution in [0.25, 0.3) is 0 Å². The molecular formula is C11H15FO4S. The number of benzene rings is 1. The number of hydrogen-bond donors (Lipinski definition) is 1. The summed E-state index contributed by atoms with van der Waals surface area (Å²) in [6.07, 6.45) is -1.15. The van der Waals surface area contributed by atoms with E-state index in [1.807, 2.05) is 0 Å². The highest BCUT2D eigenvalue weighted by Gasteiger charge is 2.22. The van der Waals surface area contributed by atoms with Crippen molar-refractivity contribution in [1.82, 2.24) is 0 Å². The van der Waals surface area contributed by atoms with Crippen LogP contribution in [0.4, 0.5) is 4.39 Å². The zero-order chi connectivity index (χ0) is 12.9. The number of aliphatic hydroxyl groups is 1. The molecule has 1 aromatic carbocycles. The van der Waals surface area contributed by atoms with Gasteiger partial charge >= 0.3 is 0 Å². The van der Waals surface area contributed by atoms with Crippen LogP contribution in [0.5, 0.6) is 0 Å². The van der Waals surface area contributed by atoms with Crippen molar-refractivity contribution in [3.05, 3.63) is 30.1 Å². The van der Waals surface area contributed by atoms with Gasteiger partial charge in [-0.15, -0.1) is 0 Å². The van der Waals surface area contributed by atoms with E-state index in [2.05, 4.69) is 0 Å². The van der Waals surface area contributed by atoms with Gasteiger partial charge in [0.25, 0.3) is 0 Å². The molecule has 0 fully saturated rings. The fourth-order valence-corrected chi connectivity index (χ4v) is 2.78. The summed E-state index contributed by atoms with van der Waals surface area (Å²) in [5, 5.41) is 9.44. The van der Waals surface area contributed by atoms with E-state index < -0.39 is 32.4 Å². The van der Waals surface area contributed by atoms with E-state index in [1.54, 1.807) is 6.92 Å². The maximum Gasteiger partial charge on any atom is 0.183 e. The molecule has 17 heavy (non-hydrogen) atoms. The summed E-state index contributed by atoms with van der Waals surface area (Å²) in [4.78, 5) is -0.393. The molecule has 0 spiro atoms. The average molecular weight is 262 g/mol. The van der Waals surface area contributed by atoms with E-state index in [0.29, 0.717) is 6.61 Å². The number of hydrogen-bond acceptors (Lipinski definition) is 4. The monoisotopic (exact) mass is 262 g/mol. The Hall–Kier alpha value is -0.980. The van der Waals surface area contributed by atoms with Crippen molar-refractivity contribution in [2.75, 3.05) is 19.0 Å². The predicted molar refractivity (Wildman–Crippen MR) is 61.0 cm³/mol. The summed E-state index contributed by atoms with van der Waals surface area (Å²) in [5.74, 6) is -1.36. The lowest BCUT2D eigenvalue weighted by Gasteiger charge is -2.11. The third-order valence-corrected chi connectivity index (χ3v) is 3.92. The fraction of sp³-hybridized carbons (Fsp3) is 0.455. The van der Waals surface area contributed by atoms with E-state index in [1.165, 1.54) is 18.2 Å². The number of ether oxygens (including phenoxy) is 1. The van der Waals surface area contributed by atoms with Crippen molar-refractivity contribution < 1.29 is 22.7 Å². The van der Waals surface area contributed by atoms with Crippen molar-refractivity contribution in [3.63, 3.8) is 0 Å². The Kier molecular flexibility index (Phi) is 5.04. The highest BCUT2D eigenvalue weighted by molar-refractivity contribution is 7.91. The van der Waals surface area contributed by atoms with Crippen molar-refractivity contribution >= 4 is 9.84 Å². The largest absolute Gasteiger partial charge is 0.390 e. The fourth-order valence-electron chi connectivity index (χ4n) is 1.34. The van der Waals surface area contributed by atoms with Gasteiger partial charge in [-0.1, -0.05) is 12.1 Å². The summed E-state index contributed by atoms with van der Waals surface area (Å²) in [6.45, 7) is 2.04. The van der Waals surface area contributed by atoms with E-state index in [0.717, 1.165) is 6.07 Å². The van der Waals surface area contributed by atoms with E-state index in [9.17, 15) is 17.9 Å². The van der Waals surface area contributed by atoms with Crippen LogP contribution in [0, 0.1) is 5.82 Å². The van der Waals surface area contributed by atoms with E-state index in [4.69, 9.17) is 4.74 Å². The minimum Gasteiger partial charge on any atom is -0.390 e. The molecule has 4 nitrogen and oxygen atoms in total. The van der Waals surface area contributed by atoms with Crippen molar-refractivity contribution in [1.29, 1.82) is 0 Å². The van der Waals surface area contributed by atoms with Crippen LogP contribution in [-0.4, -0.2) is 38.6 Å². The Labute approximate surface area is 100.0 Å². The SMILES string of the molecule is CCOCC(O)CS(=O)(=O)c1ccccc1F. The highest BCUT2D eigenvalue weighted by atomic mass is 32.2. The van der Waals surface area contributed by atoms with Crippen molar-refractivity contribution in [2.24, 2.45) is 0 Å².